The van der Waals surface area contributed by atoms with Crippen LogP contribution in [0, 0.1) is 0 Å². The standard InChI is InChI=1S/C19H20ClN3O3S3/c20-14-5-7-16(8-6-14)29(24,25)12-11-28-19-22-21-18(17-4-2-10-27-17)23(19)13-15-3-1-9-26-15/h2,4-8,10,15H,1,3,9,11-13H2. The number of nitrogens with zero attached hydrogens (tertiary/aromatic N) is 3. The fraction of sp³-hybridized carbons (Fsp3) is 0.368. The summed E-state index contributed by atoms with van der Waals surface area (Å²) < 4.78 is 33.0. The van der Waals surface area contributed by atoms with Gasteiger partial charge in [-0.1, -0.05) is 29.4 Å². The van der Waals surface area contributed by atoms with Crippen molar-refractivity contribution in [2.75, 3.05) is 18.1 Å². The largest absolute Gasteiger partial charge is 0.376 e. The fourth-order valence-electron chi connectivity index (χ4n) is 3.14. The Balaban J connectivity index is 1.48. The molecular formula is C19H20ClN3O3S3. The topological polar surface area (TPSA) is 74.1 Å². The van der Waals surface area contributed by atoms with E-state index in [-0.39, 0.29) is 16.8 Å². The van der Waals surface area contributed by atoms with Gasteiger partial charge in [-0.25, -0.2) is 8.42 Å². The molecular weight excluding hydrogens is 450 g/mol. The van der Waals surface area contributed by atoms with E-state index in [1.807, 2.05) is 17.5 Å². The lowest BCUT2D eigenvalue weighted by Gasteiger charge is -2.14. The quantitative estimate of drug-likeness (QED) is 0.455. The van der Waals surface area contributed by atoms with Gasteiger partial charge in [-0.05, 0) is 48.6 Å². The molecule has 3 aromatic rings. The summed E-state index contributed by atoms with van der Waals surface area (Å²) in [5, 5.41) is 11.9. The Morgan fingerprint density at radius 1 is 1.24 bits per heavy atom. The summed E-state index contributed by atoms with van der Waals surface area (Å²) in [4.78, 5) is 1.32. The molecule has 1 fully saturated rings. The molecule has 1 unspecified atom stereocenters. The molecule has 3 heterocycles. The number of benzene rings is 1. The summed E-state index contributed by atoms with van der Waals surface area (Å²) in [7, 11) is -3.38. The van der Waals surface area contributed by atoms with Crippen molar-refractivity contribution >= 4 is 44.5 Å². The maximum absolute atomic E-state index is 12.6. The Bertz CT molecular complexity index is 1040. The van der Waals surface area contributed by atoms with E-state index in [1.54, 1.807) is 23.5 Å². The molecule has 0 amide bonds. The van der Waals surface area contributed by atoms with Crippen molar-refractivity contribution in [3.63, 3.8) is 0 Å². The Labute approximate surface area is 183 Å². The molecule has 1 atom stereocenters. The molecule has 4 rings (SSSR count). The van der Waals surface area contributed by atoms with Gasteiger partial charge in [0.2, 0.25) is 0 Å². The van der Waals surface area contributed by atoms with Crippen LogP contribution in [0.5, 0.6) is 0 Å². The predicted molar refractivity (Wildman–Crippen MR) is 117 cm³/mol. The zero-order valence-corrected chi connectivity index (χ0v) is 18.7. The van der Waals surface area contributed by atoms with Crippen LogP contribution in [0.25, 0.3) is 10.7 Å². The van der Waals surface area contributed by atoms with Crippen LogP contribution in [-0.2, 0) is 21.1 Å². The van der Waals surface area contributed by atoms with Gasteiger partial charge in [0.1, 0.15) is 0 Å². The van der Waals surface area contributed by atoms with E-state index in [1.165, 1.54) is 23.9 Å². The summed E-state index contributed by atoms with van der Waals surface area (Å²) in [6.07, 6.45) is 2.21. The van der Waals surface area contributed by atoms with Crippen LogP contribution < -0.4 is 0 Å². The molecule has 29 heavy (non-hydrogen) atoms. The molecule has 154 valence electrons. The van der Waals surface area contributed by atoms with Crippen molar-refractivity contribution in [2.45, 2.75) is 35.5 Å². The monoisotopic (exact) mass is 469 g/mol. The summed E-state index contributed by atoms with van der Waals surface area (Å²) in [6, 6.07) is 10.3. The summed E-state index contributed by atoms with van der Waals surface area (Å²) in [5.74, 6) is 1.21. The van der Waals surface area contributed by atoms with Gasteiger partial charge in [0.05, 0.1) is 28.2 Å². The van der Waals surface area contributed by atoms with Gasteiger partial charge < -0.3 is 4.74 Å². The fourth-order valence-corrected chi connectivity index (χ4v) is 6.58. The molecule has 6 nitrogen and oxygen atoms in total. The van der Waals surface area contributed by atoms with Crippen molar-refractivity contribution < 1.29 is 13.2 Å². The third kappa shape index (κ3) is 5.03. The highest BCUT2D eigenvalue weighted by atomic mass is 35.5. The lowest BCUT2D eigenvalue weighted by Crippen LogP contribution is -2.17. The Hall–Kier alpha value is -1.39. The normalized spacial score (nSPS) is 17.1. The van der Waals surface area contributed by atoms with Crippen LogP contribution in [0.15, 0.2) is 51.8 Å². The van der Waals surface area contributed by atoms with Gasteiger partial charge in [0.15, 0.2) is 20.8 Å². The second-order valence-electron chi connectivity index (χ2n) is 6.65. The first-order valence-electron chi connectivity index (χ1n) is 9.23. The van der Waals surface area contributed by atoms with Crippen molar-refractivity contribution in [3.8, 4) is 10.7 Å². The van der Waals surface area contributed by atoms with Crippen molar-refractivity contribution in [2.24, 2.45) is 0 Å². The predicted octanol–water partition coefficient (Wildman–Crippen LogP) is 4.41. The molecule has 0 N–H and O–H groups in total. The molecule has 1 aromatic carbocycles. The second kappa shape index (κ2) is 9.18. The van der Waals surface area contributed by atoms with E-state index in [2.05, 4.69) is 14.8 Å². The van der Waals surface area contributed by atoms with E-state index in [4.69, 9.17) is 16.3 Å². The van der Waals surface area contributed by atoms with E-state index in [0.29, 0.717) is 17.3 Å². The van der Waals surface area contributed by atoms with Gasteiger partial charge in [-0.2, -0.15) is 0 Å². The van der Waals surface area contributed by atoms with Gasteiger partial charge in [-0.15, -0.1) is 21.5 Å². The highest BCUT2D eigenvalue weighted by Gasteiger charge is 2.23. The lowest BCUT2D eigenvalue weighted by molar-refractivity contribution is 0.0953. The molecule has 1 aliphatic heterocycles. The Kier molecular flexibility index (Phi) is 6.60. The number of aromatic nitrogens is 3. The first kappa shape index (κ1) is 20.9. The van der Waals surface area contributed by atoms with Gasteiger partial charge in [-0.3, -0.25) is 4.57 Å². The summed E-state index contributed by atoms with van der Waals surface area (Å²) in [5.41, 5.74) is 0. The number of thioether (sulfide) groups is 1. The van der Waals surface area contributed by atoms with Crippen LogP contribution in [0.3, 0.4) is 0 Å². The third-order valence-corrected chi connectivity index (χ3v) is 8.70. The van der Waals surface area contributed by atoms with E-state index < -0.39 is 9.84 Å². The Morgan fingerprint density at radius 3 is 2.76 bits per heavy atom. The van der Waals surface area contributed by atoms with E-state index >= 15 is 0 Å². The van der Waals surface area contributed by atoms with E-state index in [0.717, 1.165) is 35.3 Å². The molecule has 2 aromatic heterocycles. The molecule has 0 radical (unpaired) electrons. The number of sulfone groups is 1. The zero-order valence-electron chi connectivity index (χ0n) is 15.5. The second-order valence-corrected chi connectivity index (χ2v) is 11.2. The number of halogens is 1. The number of hydrogen-bond donors (Lipinski definition) is 0. The zero-order chi connectivity index (χ0) is 20.3. The highest BCUT2D eigenvalue weighted by molar-refractivity contribution is 8.00. The maximum Gasteiger partial charge on any atom is 0.191 e. The summed E-state index contributed by atoms with van der Waals surface area (Å²) >= 11 is 8.87. The van der Waals surface area contributed by atoms with Gasteiger partial charge in [0.25, 0.3) is 0 Å². The summed E-state index contributed by atoms with van der Waals surface area (Å²) in [6.45, 7) is 1.45. The number of thiophene rings is 1. The number of hydrogen-bond acceptors (Lipinski definition) is 7. The molecule has 1 aliphatic rings. The van der Waals surface area contributed by atoms with Crippen LogP contribution in [-0.4, -0.2) is 47.4 Å². The minimum absolute atomic E-state index is 0.0143. The molecule has 10 heteroatoms. The first-order chi connectivity index (χ1) is 14.0. The number of rotatable bonds is 8. The molecule has 0 bridgehead atoms. The van der Waals surface area contributed by atoms with Crippen LogP contribution in [0.4, 0.5) is 0 Å². The van der Waals surface area contributed by atoms with Gasteiger partial charge in [0, 0.05) is 17.4 Å². The lowest BCUT2D eigenvalue weighted by atomic mass is 10.2. The van der Waals surface area contributed by atoms with Crippen LogP contribution >= 0.6 is 34.7 Å². The minimum atomic E-state index is -3.38. The minimum Gasteiger partial charge on any atom is -0.376 e. The Morgan fingerprint density at radius 2 is 2.07 bits per heavy atom. The molecule has 1 saturated heterocycles. The van der Waals surface area contributed by atoms with Crippen molar-refractivity contribution in [3.05, 3.63) is 46.8 Å². The smallest absolute Gasteiger partial charge is 0.191 e. The maximum atomic E-state index is 12.6. The SMILES string of the molecule is O=S(=O)(CCSc1nnc(-c2cccs2)n1CC1CCCO1)c1ccc(Cl)cc1. The van der Waals surface area contributed by atoms with Gasteiger partial charge >= 0.3 is 0 Å². The van der Waals surface area contributed by atoms with Crippen LogP contribution in [0.1, 0.15) is 12.8 Å². The highest BCUT2D eigenvalue weighted by Crippen LogP contribution is 2.29. The van der Waals surface area contributed by atoms with Crippen molar-refractivity contribution in [1.29, 1.82) is 0 Å². The van der Waals surface area contributed by atoms with E-state index in [9.17, 15) is 8.42 Å². The molecule has 0 spiro atoms. The first-order valence-corrected chi connectivity index (χ1v) is 13.1. The number of ether oxygens (including phenoxy) is 1. The molecule has 0 saturated carbocycles. The average Bonchev–Trinajstić information content (AvgIpc) is 3.45. The van der Waals surface area contributed by atoms with Crippen LogP contribution in [0.2, 0.25) is 5.02 Å². The third-order valence-electron chi connectivity index (χ3n) is 4.62. The van der Waals surface area contributed by atoms with Crippen molar-refractivity contribution in [1.82, 2.24) is 14.8 Å². The molecule has 0 aliphatic carbocycles. The average molecular weight is 470 g/mol.